The molecule has 9 nitrogen and oxygen atoms in total. The van der Waals surface area contributed by atoms with E-state index in [-0.39, 0.29) is 29.2 Å². The van der Waals surface area contributed by atoms with Gasteiger partial charge in [0, 0.05) is 22.0 Å². The molecular formula is C20H13ClN4O5S. The van der Waals surface area contributed by atoms with Gasteiger partial charge in [-0.2, -0.15) is 0 Å². The number of hydrogen-bond acceptors (Lipinski definition) is 8. The minimum Gasteiger partial charge on any atom is -0.454 e. The van der Waals surface area contributed by atoms with E-state index in [1.54, 1.807) is 12.1 Å². The van der Waals surface area contributed by atoms with Crippen molar-refractivity contribution in [2.45, 2.75) is 6.61 Å². The lowest BCUT2D eigenvalue weighted by Gasteiger charge is -2.06. The van der Waals surface area contributed by atoms with Gasteiger partial charge in [0.05, 0.1) is 15.9 Å². The Bertz CT molecular complexity index is 1380. The first-order chi connectivity index (χ1) is 14.8. The fraction of sp³-hybridized carbons (Fsp3) is 0.0500. The van der Waals surface area contributed by atoms with E-state index in [2.05, 4.69) is 9.97 Å². The summed E-state index contributed by atoms with van der Waals surface area (Å²) in [5.74, 6) is -0.654. The maximum atomic E-state index is 12.6. The highest BCUT2D eigenvalue weighted by atomic mass is 35.5. The number of carbonyl (C=O) groups excluding carboxylic acids is 1. The summed E-state index contributed by atoms with van der Waals surface area (Å²) in [5, 5.41) is 13.8. The molecule has 0 amide bonds. The van der Waals surface area contributed by atoms with Gasteiger partial charge in [0.15, 0.2) is 0 Å². The largest absolute Gasteiger partial charge is 0.454 e. The van der Waals surface area contributed by atoms with Crippen molar-refractivity contribution in [1.82, 2.24) is 9.97 Å². The highest BCUT2D eigenvalue weighted by molar-refractivity contribution is 7.17. The maximum Gasteiger partial charge on any atom is 0.338 e. The number of nitro benzene ring substituents is 1. The number of ether oxygens (including phenoxy) is 1. The van der Waals surface area contributed by atoms with Crippen LogP contribution in [0.5, 0.6) is 0 Å². The third kappa shape index (κ3) is 4.11. The van der Waals surface area contributed by atoms with Crippen LogP contribution in [0.25, 0.3) is 21.3 Å². The van der Waals surface area contributed by atoms with E-state index in [4.69, 9.17) is 22.1 Å². The number of anilines is 1. The van der Waals surface area contributed by atoms with Crippen LogP contribution in [0.4, 0.5) is 11.4 Å². The van der Waals surface area contributed by atoms with Crippen molar-refractivity contribution in [2.24, 2.45) is 0 Å². The second-order valence-electron chi connectivity index (χ2n) is 6.46. The number of aromatic nitrogens is 2. The van der Waals surface area contributed by atoms with Crippen LogP contribution in [0, 0.1) is 10.1 Å². The molecule has 0 aliphatic heterocycles. The minimum atomic E-state index is -0.807. The van der Waals surface area contributed by atoms with Crippen LogP contribution in [0.3, 0.4) is 0 Å². The smallest absolute Gasteiger partial charge is 0.338 e. The summed E-state index contributed by atoms with van der Waals surface area (Å²) in [7, 11) is 0. The number of nitrogens with two attached hydrogens (primary N) is 1. The molecule has 2 heterocycles. The van der Waals surface area contributed by atoms with Gasteiger partial charge in [0.1, 0.15) is 22.9 Å². The minimum absolute atomic E-state index is 0.0366. The number of nitro groups is 1. The molecule has 0 fully saturated rings. The van der Waals surface area contributed by atoms with E-state index in [1.165, 1.54) is 23.5 Å². The number of nitrogens with one attached hydrogen (secondary N) is 1. The monoisotopic (exact) mass is 456 g/mol. The summed E-state index contributed by atoms with van der Waals surface area (Å²) in [5.41, 5.74) is 6.22. The Balaban J connectivity index is 1.57. The highest BCUT2D eigenvalue weighted by Gasteiger charge is 2.18. The Labute approximate surface area is 183 Å². The Hall–Kier alpha value is -3.76. The maximum absolute atomic E-state index is 12.6. The molecule has 0 saturated heterocycles. The molecule has 3 N–H and O–H groups in total. The second-order valence-corrected chi connectivity index (χ2v) is 7.75. The van der Waals surface area contributed by atoms with Gasteiger partial charge in [-0.1, -0.05) is 23.7 Å². The molecule has 11 heteroatoms. The standard InChI is InChI=1S/C20H13ClN4O5S/c21-12-4-1-10(2-5-12)13-9-31-19-17(13)18(26)23-16(24-19)8-30-20(27)11-3-6-14(22)15(7-11)25(28)29/h1-7,9H,8,22H2,(H,23,24,26). The molecule has 0 atom stereocenters. The second kappa shape index (κ2) is 8.17. The number of nitrogens with zero attached hydrogens (tertiary/aromatic N) is 2. The lowest BCUT2D eigenvalue weighted by molar-refractivity contribution is -0.383. The van der Waals surface area contributed by atoms with Crippen LogP contribution >= 0.6 is 22.9 Å². The number of nitrogen functional groups attached to an aromatic ring is 1. The van der Waals surface area contributed by atoms with Gasteiger partial charge in [0.25, 0.3) is 11.2 Å². The van der Waals surface area contributed by atoms with Crippen molar-refractivity contribution in [3.63, 3.8) is 0 Å². The van der Waals surface area contributed by atoms with Crippen molar-refractivity contribution in [3.05, 3.63) is 84.7 Å². The van der Waals surface area contributed by atoms with Crippen molar-refractivity contribution in [2.75, 3.05) is 5.73 Å². The molecule has 0 saturated carbocycles. The Morgan fingerprint density at radius 1 is 1.26 bits per heavy atom. The number of esters is 1. The van der Waals surface area contributed by atoms with Crippen LogP contribution in [-0.4, -0.2) is 20.9 Å². The molecule has 2 aromatic carbocycles. The number of halogens is 1. The molecule has 0 aliphatic carbocycles. The predicted octanol–water partition coefficient (Wildman–Crippen LogP) is 4.15. The van der Waals surface area contributed by atoms with E-state index >= 15 is 0 Å². The zero-order valence-corrected chi connectivity index (χ0v) is 17.2. The van der Waals surface area contributed by atoms with Crippen molar-refractivity contribution in [3.8, 4) is 11.1 Å². The van der Waals surface area contributed by atoms with E-state index < -0.39 is 16.6 Å². The van der Waals surface area contributed by atoms with Gasteiger partial charge in [-0.15, -0.1) is 11.3 Å². The Morgan fingerprint density at radius 3 is 2.71 bits per heavy atom. The van der Waals surface area contributed by atoms with Gasteiger partial charge in [-0.3, -0.25) is 14.9 Å². The lowest BCUT2D eigenvalue weighted by atomic mass is 10.1. The number of hydrogen-bond donors (Lipinski definition) is 2. The first kappa shape index (κ1) is 20.5. The van der Waals surface area contributed by atoms with Crippen LogP contribution in [0.15, 0.2) is 52.6 Å². The van der Waals surface area contributed by atoms with E-state index in [0.717, 1.165) is 17.2 Å². The van der Waals surface area contributed by atoms with Crippen LogP contribution in [-0.2, 0) is 11.3 Å². The molecular weight excluding hydrogens is 444 g/mol. The summed E-state index contributed by atoms with van der Waals surface area (Å²) in [4.78, 5) is 42.7. The molecule has 0 unspecified atom stereocenters. The number of rotatable bonds is 5. The fourth-order valence-corrected chi connectivity index (χ4v) is 4.04. The zero-order chi connectivity index (χ0) is 22.1. The number of carbonyl (C=O) groups is 1. The summed E-state index contributed by atoms with van der Waals surface area (Å²) >= 11 is 7.21. The summed E-state index contributed by atoms with van der Waals surface area (Å²) in [6, 6.07) is 10.7. The summed E-state index contributed by atoms with van der Waals surface area (Å²) in [6.45, 7) is -0.309. The van der Waals surface area contributed by atoms with Crippen molar-refractivity contribution < 1.29 is 14.5 Å². The molecule has 0 radical (unpaired) electrons. The van der Waals surface area contributed by atoms with Crippen LogP contribution in [0.1, 0.15) is 16.2 Å². The van der Waals surface area contributed by atoms with E-state index in [9.17, 15) is 19.7 Å². The third-order valence-corrected chi connectivity index (χ3v) is 5.58. The third-order valence-electron chi connectivity index (χ3n) is 4.45. The quantitative estimate of drug-likeness (QED) is 0.199. The average Bonchev–Trinajstić information content (AvgIpc) is 3.17. The number of thiophene rings is 1. The van der Waals surface area contributed by atoms with E-state index in [1.807, 2.05) is 17.5 Å². The van der Waals surface area contributed by atoms with Gasteiger partial charge < -0.3 is 15.5 Å². The highest BCUT2D eigenvalue weighted by Crippen LogP contribution is 2.31. The first-order valence-electron chi connectivity index (χ1n) is 8.81. The Morgan fingerprint density at radius 2 is 2.00 bits per heavy atom. The number of benzene rings is 2. The van der Waals surface area contributed by atoms with Crippen LogP contribution in [0.2, 0.25) is 5.02 Å². The number of aromatic amines is 1. The molecule has 156 valence electrons. The van der Waals surface area contributed by atoms with Gasteiger partial charge in [-0.05, 0) is 29.8 Å². The van der Waals surface area contributed by atoms with Gasteiger partial charge >= 0.3 is 5.97 Å². The van der Waals surface area contributed by atoms with Crippen molar-refractivity contribution >= 4 is 50.5 Å². The molecule has 4 rings (SSSR count). The molecule has 0 aliphatic rings. The van der Waals surface area contributed by atoms with Crippen LogP contribution < -0.4 is 11.3 Å². The topological polar surface area (TPSA) is 141 Å². The number of fused-ring (bicyclic) bond motifs is 1. The fourth-order valence-electron chi connectivity index (χ4n) is 2.95. The molecule has 0 spiro atoms. The molecule has 2 aromatic heterocycles. The normalized spacial score (nSPS) is 10.9. The lowest BCUT2D eigenvalue weighted by Crippen LogP contribution is -2.14. The molecule has 0 bridgehead atoms. The SMILES string of the molecule is Nc1ccc(C(=O)OCc2nc3scc(-c4ccc(Cl)cc4)c3c(=O)[nH]2)cc1[N+](=O)[O-]. The molecule has 31 heavy (non-hydrogen) atoms. The van der Waals surface area contributed by atoms with Gasteiger partial charge in [-0.25, -0.2) is 9.78 Å². The van der Waals surface area contributed by atoms with E-state index in [0.29, 0.717) is 15.2 Å². The Kier molecular flexibility index (Phi) is 5.40. The first-order valence-corrected chi connectivity index (χ1v) is 10.1. The zero-order valence-electron chi connectivity index (χ0n) is 15.6. The predicted molar refractivity (Wildman–Crippen MR) is 117 cm³/mol. The average molecular weight is 457 g/mol. The number of H-pyrrole nitrogens is 1. The molecule has 4 aromatic rings. The van der Waals surface area contributed by atoms with Gasteiger partial charge in [0.2, 0.25) is 0 Å². The summed E-state index contributed by atoms with van der Waals surface area (Å²) < 4.78 is 5.15. The summed E-state index contributed by atoms with van der Waals surface area (Å²) in [6.07, 6.45) is 0. The van der Waals surface area contributed by atoms with Crippen molar-refractivity contribution in [1.29, 1.82) is 0 Å².